The van der Waals surface area contributed by atoms with E-state index in [0.717, 1.165) is 53.1 Å². The van der Waals surface area contributed by atoms with Crippen molar-refractivity contribution in [2.45, 2.75) is 72.2 Å². The van der Waals surface area contributed by atoms with Gasteiger partial charge in [0, 0.05) is 18.8 Å². The van der Waals surface area contributed by atoms with Crippen LogP contribution in [-0.2, 0) is 25.0 Å². The van der Waals surface area contributed by atoms with Crippen LogP contribution in [0.15, 0.2) is 65.5 Å². The Morgan fingerprint density at radius 1 is 1.02 bits per heavy atom. The SMILES string of the molecule is Cc1cccc(C)c1NC(=O)c1cc(F)c(-n2nc(COCc3ccccc3)n(C)c2=O)cc1O[C@H](C)C1CCCCC1. The van der Waals surface area contributed by atoms with Gasteiger partial charge >= 0.3 is 5.69 Å². The van der Waals surface area contributed by atoms with Crippen LogP contribution in [-0.4, -0.2) is 26.4 Å². The van der Waals surface area contributed by atoms with Crippen LogP contribution < -0.4 is 15.7 Å². The molecule has 1 aromatic heterocycles. The van der Waals surface area contributed by atoms with E-state index in [-0.39, 0.29) is 29.7 Å². The van der Waals surface area contributed by atoms with E-state index >= 15 is 4.39 Å². The minimum absolute atomic E-state index is 0.0574. The molecule has 0 aliphatic heterocycles. The van der Waals surface area contributed by atoms with Crippen molar-refractivity contribution in [2.24, 2.45) is 13.0 Å². The van der Waals surface area contributed by atoms with Crippen molar-refractivity contribution in [3.8, 4) is 11.4 Å². The number of rotatable bonds is 10. The van der Waals surface area contributed by atoms with Crippen LogP contribution >= 0.6 is 0 Å². The van der Waals surface area contributed by atoms with Crippen LogP contribution in [0.5, 0.6) is 5.75 Å². The maximum atomic E-state index is 15.8. The first-order chi connectivity index (χ1) is 20.7. The highest BCUT2D eigenvalue weighted by atomic mass is 19.1. The molecule has 1 aliphatic carbocycles. The number of carbonyl (C=O) groups is 1. The first-order valence-electron chi connectivity index (χ1n) is 14.9. The topological polar surface area (TPSA) is 87.4 Å². The molecule has 0 radical (unpaired) electrons. The van der Waals surface area contributed by atoms with E-state index in [4.69, 9.17) is 9.47 Å². The Labute approximate surface area is 251 Å². The molecular formula is C34H39FN4O4. The fraction of sp³-hybridized carbons (Fsp3) is 0.382. The molecule has 1 saturated carbocycles. The Morgan fingerprint density at radius 3 is 2.42 bits per heavy atom. The van der Waals surface area contributed by atoms with Crippen molar-refractivity contribution in [3.63, 3.8) is 0 Å². The second-order valence-corrected chi connectivity index (χ2v) is 11.4. The third-order valence-corrected chi connectivity index (χ3v) is 8.28. The van der Waals surface area contributed by atoms with Gasteiger partial charge in [0.2, 0.25) is 0 Å². The van der Waals surface area contributed by atoms with Crippen molar-refractivity contribution < 1.29 is 18.7 Å². The van der Waals surface area contributed by atoms with Crippen LogP contribution in [0.25, 0.3) is 5.69 Å². The van der Waals surface area contributed by atoms with E-state index in [1.54, 1.807) is 7.05 Å². The molecule has 3 aromatic carbocycles. The zero-order chi connectivity index (χ0) is 30.5. The summed E-state index contributed by atoms with van der Waals surface area (Å²) >= 11 is 0. The quantitative estimate of drug-likeness (QED) is 0.225. The Bertz CT molecular complexity index is 1620. The maximum absolute atomic E-state index is 15.8. The number of nitrogens with one attached hydrogen (secondary N) is 1. The Balaban J connectivity index is 1.47. The number of halogens is 1. The van der Waals surface area contributed by atoms with E-state index in [0.29, 0.717) is 24.0 Å². The molecule has 0 spiro atoms. The van der Waals surface area contributed by atoms with Crippen LogP contribution in [0, 0.1) is 25.6 Å². The average molecular weight is 587 g/mol. The number of aryl methyl sites for hydroxylation is 2. The summed E-state index contributed by atoms with van der Waals surface area (Å²) in [7, 11) is 1.57. The van der Waals surface area contributed by atoms with E-state index < -0.39 is 17.4 Å². The molecule has 0 saturated heterocycles. The third kappa shape index (κ3) is 6.88. The molecule has 43 heavy (non-hydrogen) atoms. The van der Waals surface area contributed by atoms with Crippen molar-refractivity contribution in [1.82, 2.24) is 14.3 Å². The van der Waals surface area contributed by atoms with E-state index in [1.165, 1.54) is 17.1 Å². The van der Waals surface area contributed by atoms with Gasteiger partial charge in [-0.2, -0.15) is 4.68 Å². The number of amides is 1. The molecular weight excluding hydrogens is 547 g/mol. The summed E-state index contributed by atoms with van der Waals surface area (Å²) < 4.78 is 30.3. The molecule has 1 amide bonds. The number of aromatic nitrogens is 3. The molecule has 1 fully saturated rings. The number of benzene rings is 3. The molecule has 226 valence electrons. The van der Waals surface area contributed by atoms with Gasteiger partial charge in [0.1, 0.15) is 23.9 Å². The number of ether oxygens (including phenoxy) is 2. The predicted octanol–water partition coefficient (Wildman–Crippen LogP) is 6.64. The van der Waals surface area contributed by atoms with Gasteiger partial charge < -0.3 is 14.8 Å². The van der Waals surface area contributed by atoms with Crippen molar-refractivity contribution in [2.75, 3.05) is 5.32 Å². The molecule has 9 heteroatoms. The third-order valence-electron chi connectivity index (χ3n) is 8.28. The van der Waals surface area contributed by atoms with Crippen LogP contribution in [0.1, 0.15) is 71.9 Å². The number of anilines is 1. The van der Waals surface area contributed by atoms with Gasteiger partial charge in [-0.15, -0.1) is 5.10 Å². The van der Waals surface area contributed by atoms with Crippen LogP contribution in [0.3, 0.4) is 0 Å². The lowest BCUT2D eigenvalue weighted by atomic mass is 9.86. The first kappa shape index (κ1) is 30.2. The molecule has 0 unspecified atom stereocenters. The molecule has 8 nitrogen and oxygen atoms in total. The largest absolute Gasteiger partial charge is 0.490 e. The van der Waals surface area contributed by atoms with E-state index in [9.17, 15) is 9.59 Å². The normalized spacial score (nSPS) is 14.4. The Kier molecular flexibility index (Phi) is 9.40. The monoisotopic (exact) mass is 586 g/mol. The zero-order valence-corrected chi connectivity index (χ0v) is 25.2. The minimum Gasteiger partial charge on any atom is -0.490 e. The second kappa shape index (κ2) is 13.4. The fourth-order valence-electron chi connectivity index (χ4n) is 5.67. The highest BCUT2D eigenvalue weighted by Crippen LogP contribution is 2.33. The lowest BCUT2D eigenvalue weighted by Gasteiger charge is -2.29. The first-order valence-corrected chi connectivity index (χ1v) is 14.9. The maximum Gasteiger partial charge on any atom is 0.350 e. The zero-order valence-electron chi connectivity index (χ0n) is 25.2. The average Bonchev–Trinajstić information content (AvgIpc) is 3.29. The van der Waals surface area contributed by atoms with Gasteiger partial charge in [0.15, 0.2) is 5.82 Å². The van der Waals surface area contributed by atoms with Gasteiger partial charge in [-0.25, -0.2) is 9.18 Å². The van der Waals surface area contributed by atoms with Crippen molar-refractivity contribution in [3.05, 3.63) is 105 Å². The van der Waals surface area contributed by atoms with E-state index in [1.807, 2.05) is 69.3 Å². The van der Waals surface area contributed by atoms with E-state index in [2.05, 4.69) is 10.4 Å². The number of carbonyl (C=O) groups excluding carboxylic acids is 1. The summed E-state index contributed by atoms with van der Waals surface area (Å²) in [5.41, 5.74) is 2.88. The summed E-state index contributed by atoms with van der Waals surface area (Å²) in [6, 6.07) is 17.9. The summed E-state index contributed by atoms with van der Waals surface area (Å²) in [6.07, 6.45) is 5.33. The van der Waals surface area contributed by atoms with Crippen molar-refractivity contribution >= 4 is 11.6 Å². The summed E-state index contributed by atoms with van der Waals surface area (Å²) in [4.78, 5) is 26.8. The Morgan fingerprint density at radius 2 is 1.72 bits per heavy atom. The van der Waals surface area contributed by atoms with Gasteiger partial charge in [-0.1, -0.05) is 67.8 Å². The lowest BCUT2D eigenvalue weighted by Crippen LogP contribution is -2.28. The van der Waals surface area contributed by atoms with Gasteiger partial charge in [-0.3, -0.25) is 9.36 Å². The Hall–Kier alpha value is -4.24. The summed E-state index contributed by atoms with van der Waals surface area (Å²) in [5.74, 6) is -0.381. The molecule has 0 bridgehead atoms. The molecule has 1 heterocycles. The number of hydrogen-bond donors (Lipinski definition) is 1. The predicted molar refractivity (Wildman–Crippen MR) is 164 cm³/mol. The highest BCUT2D eigenvalue weighted by Gasteiger charge is 2.26. The van der Waals surface area contributed by atoms with Crippen LogP contribution in [0.2, 0.25) is 0 Å². The second-order valence-electron chi connectivity index (χ2n) is 11.4. The lowest BCUT2D eigenvalue weighted by molar-refractivity contribution is 0.0995. The summed E-state index contributed by atoms with van der Waals surface area (Å²) in [5, 5.41) is 7.34. The fourth-order valence-corrected chi connectivity index (χ4v) is 5.67. The molecule has 1 atom stereocenters. The number of hydrogen-bond acceptors (Lipinski definition) is 5. The smallest absolute Gasteiger partial charge is 0.350 e. The molecule has 1 N–H and O–H groups in total. The number of para-hydroxylation sites is 1. The van der Waals surface area contributed by atoms with Gasteiger partial charge in [0.25, 0.3) is 5.91 Å². The highest BCUT2D eigenvalue weighted by molar-refractivity contribution is 6.07. The van der Waals surface area contributed by atoms with Crippen molar-refractivity contribution in [1.29, 1.82) is 0 Å². The standard InChI is InChI=1S/C34H39FN4O4/c1-22-12-11-13-23(2)32(22)36-33(40)27-18-28(35)29(19-30(27)43-24(3)26-16-9-6-10-17-26)39-34(41)38(4)31(37-39)21-42-20-25-14-7-5-8-15-25/h5,7-8,11-15,18-19,24,26H,6,9-10,16-17,20-21H2,1-4H3,(H,36,40)/t24-/m1/s1. The summed E-state index contributed by atoms with van der Waals surface area (Å²) in [6.45, 7) is 6.21. The van der Waals surface area contributed by atoms with Gasteiger partial charge in [-0.05, 0) is 62.3 Å². The minimum atomic E-state index is -0.763. The molecule has 1 aliphatic rings. The van der Waals surface area contributed by atoms with Gasteiger partial charge in [0.05, 0.1) is 18.3 Å². The number of nitrogens with zero attached hydrogens (tertiary/aromatic N) is 3. The molecule has 5 rings (SSSR count). The molecule has 4 aromatic rings. The van der Waals surface area contributed by atoms with Crippen LogP contribution in [0.4, 0.5) is 10.1 Å².